The van der Waals surface area contributed by atoms with Crippen molar-refractivity contribution in [2.24, 2.45) is 0 Å². The van der Waals surface area contributed by atoms with Crippen molar-refractivity contribution in [3.63, 3.8) is 0 Å². The van der Waals surface area contributed by atoms with Gasteiger partial charge in [0.25, 0.3) is 5.69 Å². The first-order valence-corrected chi connectivity index (χ1v) is 9.05. The fraction of sp³-hybridized carbons (Fsp3) is 0.350. The maximum atomic E-state index is 12.6. The summed E-state index contributed by atoms with van der Waals surface area (Å²) in [5.41, 5.74) is 2.95. The topological polar surface area (TPSA) is 78.7 Å². The molecule has 1 amide bonds. The molecule has 7 heteroatoms. The number of carbonyl (C=O) groups is 1. The Balaban J connectivity index is 1.55. The number of benzene rings is 2. The number of nitrogens with one attached hydrogen (secondary N) is 1. The number of non-ortho nitro benzene ring substituents is 1. The van der Waals surface area contributed by atoms with Crippen molar-refractivity contribution in [2.45, 2.75) is 19.9 Å². The zero-order valence-electron chi connectivity index (χ0n) is 15.6. The lowest BCUT2D eigenvalue weighted by molar-refractivity contribution is -0.384. The van der Waals surface area contributed by atoms with Gasteiger partial charge >= 0.3 is 0 Å². The van der Waals surface area contributed by atoms with Crippen LogP contribution in [0.3, 0.4) is 0 Å². The Morgan fingerprint density at radius 2 is 1.70 bits per heavy atom. The second-order valence-electron chi connectivity index (χ2n) is 6.78. The Morgan fingerprint density at radius 1 is 1.07 bits per heavy atom. The molecule has 142 valence electrons. The molecule has 2 aromatic carbocycles. The quantitative estimate of drug-likeness (QED) is 0.648. The summed E-state index contributed by atoms with van der Waals surface area (Å²) in [6.07, 6.45) is 0. The number of nitrogens with zero attached hydrogens (tertiary/aromatic N) is 3. The highest BCUT2D eigenvalue weighted by Gasteiger charge is 2.26. The lowest BCUT2D eigenvalue weighted by Crippen LogP contribution is -2.52. The number of rotatable bonds is 5. The largest absolute Gasteiger partial charge is 0.369 e. The maximum Gasteiger partial charge on any atom is 0.269 e. The second kappa shape index (κ2) is 8.18. The number of hydrogen-bond donors (Lipinski definition) is 1. The van der Waals surface area contributed by atoms with Crippen LogP contribution in [0.25, 0.3) is 0 Å². The third-order valence-corrected chi connectivity index (χ3v) is 5.07. The summed E-state index contributed by atoms with van der Waals surface area (Å²) >= 11 is 0. The highest BCUT2D eigenvalue weighted by Crippen LogP contribution is 2.21. The van der Waals surface area contributed by atoms with E-state index in [9.17, 15) is 14.9 Å². The van der Waals surface area contributed by atoms with E-state index in [4.69, 9.17) is 0 Å². The van der Waals surface area contributed by atoms with Gasteiger partial charge in [0.15, 0.2) is 0 Å². The Hall–Kier alpha value is -2.93. The number of piperazine rings is 1. The number of anilines is 2. The van der Waals surface area contributed by atoms with E-state index in [0.717, 1.165) is 43.1 Å². The Bertz CT molecular complexity index is 814. The molecular weight excluding hydrogens is 344 g/mol. The summed E-state index contributed by atoms with van der Waals surface area (Å²) in [6, 6.07) is 14.1. The van der Waals surface area contributed by atoms with Gasteiger partial charge in [0, 0.05) is 49.7 Å². The molecule has 1 N–H and O–H groups in total. The molecule has 0 saturated carbocycles. The first kappa shape index (κ1) is 18.8. The van der Waals surface area contributed by atoms with E-state index in [2.05, 4.69) is 15.1 Å². The molecule has 1 aliphatic heterocycles. The summed E-state index contributed by atoms with van der Waals surface area (Å²) in [6.45, 7) is 6.98. The molecule has 3 rings (SSSR count). The van der Waals surface area contributed by atoms with Crippen molar-refractivity contribution < 1.29 is 9.72 Å². The van der Waals surface area contributed by atoms with Crippen LogP contribution in [-0.2, 0) is 4.79 Å². The van der Waals surface area contributed by atoms with Crippen LogP contribution in [0.2, 0.25) is 0 Å². The molecule has 1 fully saturated rings. The minimum absolute atomic E-state index is 0.00640. The van der Waals surface area contributed by atoms with Gasteiger partial charge in [-0.05, 0) is 37.6 Å². The second-order valence-corrected chi connectivity index (χ2v) is 6.78. The first-order chi connectivity index (χ1) is 13.0. The number of para-hydroxylation sites is 1. The molecule has 0 spiro atoms. The molecule has 27 heavy (non-hydrogen) atoms. The van der Waals surface area contributed by atoms with Crippen LogP contribution in [0.1, 0.15) is 12.5 Å². The Kier molecular flexibility index (Phi) is 5.71. The van der Waals surface area contributed by atoms with Gasteiger partial charge in [-0.2, -0.15) is 0 Å². The first-order valence-electron chi connectivity index (χ1n) is 9.05. The number of carbonyl (C=O) groups excluding carboxylic acids is 1. The summed E-state index contributed by atoms with van der Waals surface area (Å²) in [7, 11) is 0. The van der Waals surface area contributed by atoms with E-state index >= 15 is 0 Å². The van der Waals surface area contributed by atoms with E-state index < -0.39 is 4.92 Å². The maximum absolute atomic E-state index is 12.6. The van der Waals surface area contributed by atoms with Gasteiger partial charge in [-0.25, -0.2) is 0 Å². The van der Waals surface area contributed by atoms with Crippen molar-refractivity contribution in [1.82, 2.24) is 4.90 Å². The third-order valence-electron chi connectivity index (χ3n) is 5.07. The average molecular weight is 368 g/mol. The highest BCUT2D eigenvalue weighted by atomic mass is 16.6. The lowest BCUT2D eigenvalue weighted by atomic mass is 10.1. The summed E-state index contributed by atoms with van der Waals surface area (Å²) < 4.78 is 0. The van der Waals surface area contributed by atoms with Gasteiger partial charge in [0.2, 0.25) is 5.91 Å². The van der Waals surface area contributed by atoms with Crippen molar-refractivity contribution in [1.29, 1.82) is 0 Å². The number of amides is 1. The SMILES string of the molecule is Cc1ccccc1NC(=O)C(C)N1CCN(c2ccc([N+](=O)[O-])cc2)CC1. The van der Waals surface area contributed by atoms with Gasteiger partial charge in [-0.15, -0.1) is 0 Å². The summed E-state index contributed by atoms with van der Waals surface area (Å²) in [4.78, 5) is 27.3. The smallest absolute Gasteiger partial charge is 0.269 e. The highest BCUT2D eigenvalue weighted by molar-refractivity contribution is 5.95. The predicted octanol–water partition coefficient (Wildman–Crippen LogP) is 3.05. The molecule has 1 atom stereocenters. The fourth-order valence-electron chi connectivity index (χ4n) is 3.27. The van der Waals surface area contributed by atoms with E-state index in [1.54, 1.807) is 12.1 Å². The van der Waals surface area contributed by atoms with Gasteiger partial charge < -0.3 is 10.2 Å². The van der Waals surface area contributed by atoms with Gasteiger partial charge in [-0.3, -0.25) is 19.8 Å². The fourth-order valence-corrected chi connectivity index (χ4v) is 3.27. The third kappa shape index (κ3) is 4.43. The molecule has 0 bridgehead atoms. The Labute approximate surface area is 158 Å². The van der Waals surface area contributed by atoms with Gasteiger partial charge in [0.05, 0.1) is 11.0 Å². The number of aryl methyl sites for hydroxylation is 1. The predicted molar refractivity (Wildman–Crippen MR) is 106 cm³/mol. The molecular formula is C20H24N4O3. The van der Waals surface area contributed by atoms with Crippen LogP contribution < -0.4 is 10.2 Å². The minimum Gasteiger partial charge on any atom is -0.369 e. The molecule has 2 aromatic rings. The molecule has 7 nitrogen and oxygen atoms in total. The summed E-state index contributed by atoms with van der Waals surface area (Å²) in [5, 5.41) is 13.8. The number of nitro benzene ring substituents is 1. The number of nitro groups is 1. The van der Waals surface area contributed by atoms with Crippen LogP contribution >= 0.6 is 0 Å². The average Bonchev–Trinajstić information content (AvgIpc) is 2.69. The van der Waals surface area contributed by atoms with Crippen molar-refractivity contribution in [3.8, 4) is 0 Å². The van der Waals surface area contributed by atoms with Crippen LogP contribution in [0.15, 0.2) is 48.5 Å². The Morgan fingerprint density at radius 3 is 2.30 bits per heavy atom. The van der Waals surface area contributed by atoms with Crippen molar-refractivity contribution in [2.75, 3.05) is 36.4 Å². The minimum atomic E-state index is -0.392. The van der Waals surface area contributed by atoms with E-state index in [-0.39, 0.29) is 17.6 Å². The van der Waals surface area contributed by atoms with E-state index in [1.165, 1.54) is 12.1 Å². The van der Waals surface area contributed by atoms with Crippen LogP contribution in [0, 0.1) is 17.0 Å². The number of hydrogen-bond acceptors (Lipinski definition) is 5. The summed E-state index contributed by atoms with van der Waals surface area (Å²) in [5.74, 6) is -0.00640. The zero-order valence-corrected chi connectivity index (χ0v) is 15.6. The monoisotopic (exact) mass is 368 g/mol. The molecule has 1 unspecified atom stereocenters. The van der Waals surface area contributed by atoms with Crippen molar-refractivity contribution >= 4 is 23.0 Å². The van der Waals surface area contributed by atoms with Crippen LogP contribution in [-0.4, -0.2) is 48.0 Å². The standard InChI is InChI=1S/C20H24N4O3/c1-15-5-3-4-6-19(15)21-20(25)16(2)22-11-13-23(14-12-22)17-7-9-18(10-8-17)24(26)27/h3-10,16H,11-14H2,1-2H3,(H,21,25). The molecule has 1 aliphatic rings. The molecule has 1 saturated heterocycles. The zero-order chi connectivity index (χ0) is 19.4. The lowest BCUT2D eigenvalue weighted by Gasteiger charge is -2.38. The molecule has 0 aromatic heterocycles. The van der Waals surface area contributed by atoms with E-state index in [1.807, 2.05) is 38.1 Å². The van der Waals surface area contributed by atoms with Gasteiger partial charge in [-0.1, -0.05) is 18.2 Å². The van der Waals surface area contributed by atoms with Crippen LogP contribution in [0.5, 0.6) is 0 Å². The molecule has 0 radical (unpaired) electrons. The van der Waals surface area contributed by atoms with E-state index in [0.29, 0.717) is 0 Å². The van der Waals surface area contributed by atoms with Crippen molar-refractivity contribution in [3.05, 3.63) is 64.2 Å². The van der Waals surface area contributed by atoms with Gasteiger partial charge in [0.1, 0.15) is 0 Å². The molecule has 1 heterocycles. The molecule has 0 aliphatic carbocycles. The van der Waals surface area contributed by atoms with Crippen LogP contribution in [0.4, 0.5) is 17.1 Å². The normalized spacial score (nSPS) is 16.0.